The quantitative estimate of drug-likeness (QED) is 0.661. The molecule has 1 saturated carbocycles. The van der Waals surface area contributed by atoms with E-state index in [9.17, 15) is 5.11 Å². The van der Waals surface area contributed by atoms with Crippen LogP contribution >= 0.6 is 0 Å². The summed E-state index contributed by atoms with van der Waals surface area (Å²) in [6.45, 7) is 6.65. The topological polar surface area (TPSA) is 32.7 Å². The van der Waals surface area contributed by atoms with Gasteiger partial charge in [-0.2, -0.15) is 0 Å². The van der Waals surface area contributed by atoms with Gasteiger partial charge >= 0.3 is 0 Å². The van der Waals surface area contributed by atoms with Gasteiger partial charge in [0.15, 0.2) is 0 Å². The molecule has 1 aliphatic carbocycles. The van der Waals surface area contributed by atoms with E-state index in [0.29, 0.717) is 0 Å². The molecule has 0 aromatic carbocycles. The molecule has 2 fully saturated rings. The van der Waals surface area contributed by atoms with E-state index in [1.54, 1.807) is 0 Å². The third-order valence-electron chi connectivity index (χ3n) is 2.63. The molecule has 3 nitrogen and oxygen atoms in total. The molecule has 0 aromatic rings. The second-order valence-electron chi connectivity index (χ2n) is 3.73. The molecule has 0 bridgehead atoms. The van der Waals surface area contributed by atoms with Gasteiger partial charge in [0.05, 0.1) is 18.3 Å². The Bertz CT molecular complexity index is 157. The average molecular weight is 187 g/mol. The first kappa shape index (κ1) is 11.0. The van der Waals surface area contributed by atoms with Crippen LogP contribution in [0.3, 0.4) is 0 Å². The van der Waals surface area contributed by atoms with Crippen molar-refractivity contribution in [3.8, 4) is 0 Å². The molecule has 1 atom stereocenters. The van der Waals surface area contributed by atoms with Crippen molar-refractivity contribution in [1.29, 1.82) is 0 Å². The van der Waals surface area contributed by atoms with Gasteiger partial charge in [-0.1, -0.05) is 13.8 Å². The van der Waals surface area contributed by atoms with E-state index in [4.69, 9.17) is 4.74 Å². The predicted molar refractivity (Wildman–Crippen MR) is 52.8 cm³/mol. The number of hydrogen-bond acceptors (Lipinski definition) is 3. The first-order valence-electron chi connectivity index (χ1n) is 5.23. The SMILES string of the molecule is CC.CN1CCOC(C2(O)CC2)C1. The summed E-state index contributed by atoms with van der Waals surface area (Å²) in [7, 11) is 2.07. The number of hydrogen-bond donors (Lipinski definition) is 1. The van der Waals surface area contributed by atoms with Gasteiger partial charge in [-0.05, 0) is 19.9 Å². The van der Waals surface area contributed by atoms with Crippen molar-refractivity contribution in [2.24, 2.45) is 0 Å². The standard InChI is InChI=1S/C8H15NO2.C2H6/c1-9-4-5-11-7(6-9)8(10)2-3-8;1-2/h7,10H,2-6H2,1H3;1-2H3. The van der Waals surface area contributed by atoms with Crippen molar-refractivity contribution >= 4 is 0 Å². The zero-order chi connectivity index (χ0) is 9.90. The summed E-state index contributed by atoms with van der Waals surface area (Å²) >= 11 is 0. The van der Waals surface area contributed by atoms with Gasteiger partial charge in [0.2, 0.25) is 0 Å². The van der Waals surface area contributed by atoms with Crippen LogP contribution in [0.15, 0.2) is 0 Å². The Hall–Kier alpha value is -0.120. The van der Waals surface area contributed by atoms with E-state index >= 15 is 0 Å². The summed E-state index contributed by atoms with van der Waals surface area (Å²) in [5.74, 6) is 0. The maximum absolute atomic E-state index is 9.72. The summed E-state index contributed by atoms with van der Waals surface area (Å²) < 4.78 is 5.48. The number of nitrogens with zero attached hydrogens (tertiary/aromatic N) is 1. The highest BCUT2D eigenvalue weighted by atomic mass is 16.5. The van der Waals surface area contributed by atoms with E-state index in [-0.39, 0.29) is 6.10 Å². The van der Waals surface area contributed by atoms with E-state index in [0.717, 1.165) is 32.5 Å². The van der Waals surface area contributed by atoms with Crippen molar-refractivity contribution in [2.75, 3.05) is 26.7 Å². The van der Waals surface area contributed by atoms with E-state index in [2.05, 4.69) is 11.9 Å². The first-order valence-corrected chi connectivity index (χ1v) is 5.23. The van der Waals surface area contributed by atoms with Crippen LogP contribution in [0.5, 0.6) is 0 Å². The molecule has 3 heteroatoms. The molecular formula is C10H21NO2. The van der Waals surface area contributed by atoms with Crippen LogP contribution in [-0.2, 0) is 4.74 Å². The number of morpholine rings is 1. The molecule has 1 N–H and O–H groups in total. The van der Waals surface area contributed by atoms with Crippen LogP contribution in [0.2, 0.25) is 0 Å². The smallest absolute Gasteiger partial charge is 0.0988 e. The molecule has 13 heavy (non-hydrogen) atoms. The molecule has 1 aliphatic heterocycles. The molecule has 0 amide bonds. The fraction of sp³-hybridized carbons (Fsp3) is 1.00. The van der Waals surface area contributed by atoms with E-state index in [1.165, 1.54) is 0 Å². The molecule has 1 heterocycles. The van der Waals surface area contributed by atoms with Crippen molar-refractivity contribution in [3.05, 3.63) is 0 Å². The van der Waals surface area contributed by atoms with Crippen molar-refractivity contribution in [1.82, 2.24) is 4.90 Å². The fourth-order valence-corrected chi connectivity index (χ4v) is 1.55. The first-order chi connectivity index (χ1) is 6.21. The summed E-state index contributed by atoms with van der Waals surface area (Å²) in [5.41, 5.74) is -0.464. The third-order valence-corrected chi connectivity index (χ3v) is 2.63. The van der Waals surface area contributed by atoms with Crippen LogP contribution in [0, 0.1) is 0 Å². The molecule has 0 radical (unpaired) electrons. The van der Waals surface area contributed by atoms with Gasteiger partial charge in [-0.15, -0.1) is 0 Å². The fourth-order valence-electron chi connectivity index (χ4n) is 1.55. The van der Waals surface area contributed by atoms with E-state index in [1.807, 2.05) is 13.8 Å². The van der Waals surface area contributed by atoms with Crippen LogP contribution in [0.25, 0.3) is 0 Å². The van der Waals surface area contributed by atoms with Crippen LogP contribution in [-0.4, -0.2) is 48.5 Å². The van der Waals surface area contributed by atoms with Gasteiger partial charge in [-0.25, -0.2) is 0 Å². The molecule has 0 aromatic heterocycles. The average Bonchev–Trinajstić information content (AvgIpc) is 2.89. The minimum Gasteiger partial charge on any atom is -0.387 e. The minimum absolute atomic E-state index is 0.0706. The Labute approximate surface area is 80.7 Å². The number of rotatable bonds is 1. The lowest BCUT2D eigenvalue weighted by Gasteiger charge is -2.33. The third kappa shape index (κ3) is 2.66. The second kappa shape index (κ2) is 4.40. The zero-order valence-corrected chi connectivity index (χ0v) is 8.92. The Balaban J connectivity index is 0.000000396. The highest BCUT2D eigenvalue weighted by molar-refractivity contribution is 5.02. The van der Waals surface area contributed by atoms with E-state index < -0.39 is 5.60 Å². The molecule has 0 spiro atoms. The van der Waals surface area contributed by atoms with Crippen LogP contribution in [0.4, 0.5) is 0 Å². The van der Waals surface area contributed by atoms with Gasteiger partial charge in [0.25, 0.3) is 0 Å². The summed E-state index contributed by atoms with van der Waals surface area (Å²) in [4.78, 5) is 2.21. The Morgan fingerprint density at radius 1 is 1.38 bits per heavy atom. The van der Waals surface area contributed by atoms with Gasteiger partial charge in [-0.3, -0.25) is 0 Å². The highest BCUT2D eigenvalue weighted by Crippen LogP contribution is 2.40. The minimum atomic E-state index is -0.464. The van der Waals surface area contributed by atoms with Crippen molar-refractivity contribution in [3.63, 3.8) is 0 Å². The molecule has 2 aliphatic rings. The van der Waals surface area contributed by atoms with Gasteiger partial charge in [0, 0.05) is 13.1 Å². The highest BCUT2D eigenvalue weighted by Gasteiger charge is 2.49. The van der Waals surface area contributed by atoms with Gasteiger partial charge < -0.3 is 14.7 Å². The van der Waals surface area contributed by atoms with Gasteiger partial charge in [0.1, 0.15) is 0 Å². The maximum Gasteiger partial charge on any atom is 0.0988 e. The predicted octanol–water partition coefficient (Wildman–Crippen LogP) is 0.868. The number of likely N-dealkylation sites (N-methyl/N-ethyl adjacent to an activating group) is 1. The lowest BCUT2D eigenvalue weighted by Crippen LogP contribution is -2.47. The second-order valence-corrected chi connectivity index (χ2v) is 3.73. The molecule has 1 saturated heterocycles. The molecule has 1 unspecified atom stereocenters. The van der Waals surface area contributed by atoms with Crippen LogP contribution in [0.1, 0.15) is 26.7 Å². The monoisotopic (exact) mass is 187 g/mol. The number of aliphatic hydroxyl groups is 1. The zero-order valence-electron chi connectivity index (χ0n) is 8.92. The Morgan fingerprint density at radius 2 is 2.00 bits per heavy atom. The lowest BCUT2D eigenvalue weighted by atomic mass is 10.1. The van der Waals surface area contributed by atoms with Crippen molar-refractivity contribution in [2.45, 2.75) is 38.4 Å². The molecule has 78 valence electrons. The largest absolute Gasteiger partial charge is 0.387 e. The lowest BCUT2D eigenvalue weighted by molar-refractivity contribution is -0.0948. The maximum atomic E-state index is 9.72. The Kier molecular flexibility index (Phi) is 3.71. The normalized spacial score (nSPS) is 31.8. The summed E-state index contributed by atoms with van der Waals surface area (Å²) in [6.07, 6.45) is 1.91. The van der Waals surface area contributed by atoms with Crippen molar-refractivity contribution < 1.29 is 9.84 Å². The van der Waals surface area contributed by atoms with Crippen LogP contribution < -0.4 is 0 Å². The summed E-state index contributed by atoms with van der Waals surface area (Å²) in [6, 6.07) is 0. The summed E-state index contributed by atoms with van der Waals surface area (Å²) in [5, 5.41) is 9.72. The molecule has 2 rings (SSSR count). The molecular weight excluding hydrogens is 166 g/mol. The Morgan fingerprint density at radius 3 is 2.46 bits per heavy atom. The number of ether oxygens (including phenoxy) is 1.